The maximum Gasteiger partial charge on any atom is 0.160 e. The molecular weight excluding hydrogens is 426 g/mol. The summed E-state index contributed by atoms with van der Waals surface area (Å²) in [6.45, 7) is 4.66. The molecule has 35 heavy (non-hydrogen) atoms. The second-order valence-corrected chi connectivity index (χ2v) is 10.2. The fraction of sp³-hybridized carbons (Fsp3) is 0.0909. The van der Waals surface area contributed by atoms with Gasteiger partial charge in [-0.25, -0.2) is 0 Å². The fourth-order valence-corrected chi connectivity index (χ4v) is 6.35. The number of rotatable bonds is 1. The third kappa shape index (κ3) is 2.34. The molecule has 1 aliphatic carbocycles. The zero-order valence-corrected chi connectivity index (χ0v) is 19.7. The first kappa shape index (κ1) is 19.1. The summed E-state index contributed by atoms with van der Waals surface area (Å²) in [4.78, 5) is 0. The lowest BCUT2D eigenvalue weighted by Gasteiger charge is -2.21. The van der Waals surface area contributed by atoms with Crippen LogP contribution in [0.2, 0.25) is 0 Å². The predicted octanol–water partition coefficient (Wildman–Crippen LogP) is 8.99. The Labute approximate surface area is 203 Å². The Bertz CT molecular complexity index is 1980. The second kappa shape index (κ2) is 6.43. The molecular formula is C33H23NO. The summed E-state index contributed by atoms with van der Waals surface area (Å²) >= 11 is 0. The normalized spacial score (nSPS) is 14.2. The smallest absolute Gasteiger partial charge is 0.160 e. The van der Waals surface area contributed by atoms with E-state index in [9.17, 15) is 0 Å². The van der Waals surface area contributed by atoms with Crippen molar-refractivity contribution in [2.45, 2.75) is 19.3 Å². The largest absolute Gasteiger partial charge is 0.454 e. The maximum absolute atomic E-state index is 6.52. The average molecular weight is 450 g/mol. The summed E-state index contributed by atoms with van der Waals surface area (Å²) in [6.07, 6.45) is 0. The molecule has 7 aromatic rings. The topological polar surface area (TPSA) is 18.1 Å². The molecule has 0 amide bonds. The van der Waals surface area contributed by atoms with E-state index in [2.05, 4.69) is 115 Å². The second-order valence-electron chi connectivity index (χ2n) is 10.2. The first-order valence-corrected chi connectivity index (χ1v) is 12.2. The number of benzene rings is 5. The molecule has 5 aromatic carbocycles. The van der Waals surface area contributed by atoms with Gasteiger partial charge < -0.3 is 8.98 Å². The predicted molar refractivity (Wildman–Crippen MR) is 146 cm³/mol. The number of fused-ring (bicyclic) bond motifs is 10. The first-order chi connectivity index (χ1) is 17.1. The van der Waals surface area contributed by atoms with Crippen LogP contribution in [0.3, 0.4) is 0 Å². The Kier molecular flexibility index (Phi) is 3.50. The monoisotopic (exact) mass is 449 g/mol. The third-order valence-corrected chi connectivity index (χ3v) is 8.00. The SMILES string of the molecule is CC1(C)c2ccccc2-c2cc(-n3c4ccccc4c4ccc5c6ccccc6oc5c43)ccc21. The van der Waals surface area contributed by atoms with Gasteiger partial charge in [-0.05, 0) is 52.6 Å². The molecule has 8 rings (SSSR count). The van der Waals surface area contributed by atoms with Gasteiger partial charge in [0, 0.05) is 32.6 Å². The molecule has 0 aliphatic heterocycles. The Morgan fingerprint density at radius 3 is 2.23 bits per heavy atom. The van der Waals surface area contributed by atoms with Crippen LogP contribution >= 0.6 is 0 Å². The highest BCUT2D eigenvalue weighted by atomic mass is 16.3. The number of nitrogens with zero attached hydrogens (tertiary/aromatic N) is 1. The van der Waals surface area contributed by atoms with E-state index in [-0.39, 0.29) is 5.41 Å². The molecule has 2 heterocycles. The minimum Gasteiger partial charge on any atom is -0.454 e. The average Bonchev–Trinajstić information content (AvgIpc) is 3.51. The summed E-state index contributed by atoms with van der Waals surface area (Å²) in [6, 6.07) is 37.3. The zero-order valence-electron chi connectivity index (χ0n) is 19.7. The molecule has 2 nitrogen and oxygen atoms in total. The van der Waals surface area contributed by atoms with Crippen molar-refractivity contribution in [3.63, 3.8) is 0 Å². The molecule has 0 fully saturated rings. The number of aromatic nitrogens is 1. The lowest BCUT2D eigenvalue weighted by Crippen LogP contribution is -2.14. The molecule has 2 aromatic heterocycles. The third-order valence-electron chi connectivity index (χ3n) is 8.00. The molecule has 0 unspecified atom stereocenters. The van der Waals surface area contributed by atoms with Crippen LogP contribution in [0.5, 0.6) is 0 Å². The van der Waals surface area contributed by atoms with E-state index in [1.807, 2.05) is 6.07 Å². The van der Waals surface area contributed by atoms with Gasteiger partial charge in [0.1, 0.15) is 5.58 Å². The van der Waals surface area contributed by atoms with Gasteiger partial charge in [-0.2, -0.15) is 0 Å². The summed E-state index contributed by atoms with van der Waals surface area (Å²) < 4.78 is 8.91. The number of hydrogen-bond donors (Lipinski definition) is 0. The maximum atomic E-state index is 6.52. The van der Waals surface area contributed by atoms with Crippen LogP contribution in [0.4, 0.5) is 0 Å². The van der Waals surface area contributed by atoms with E-state index < -0.39 is 0 Å². The van der Waals surface area contributed by atoms with Crippen LogP contribution in [0.15, 0.2) is 108 Å². The van der Waals surface area contributed by atoms with Crippen LogP contribution in [0.1, 0.15) is 25.0 Å². The van der Waals surface area contributed by atoms with Gasteiger partial charge in [-0.3, -0.25) is 0 Å². The van der Waals surface area contributed by atoms with E-state index in [0.29, 0.717) is 0 Å². The van der Waals surface area contributed by atoms with Crippen molar-refractivity contribution < 1.29 is 4.42 Å². The quantitative estimate of drug-likeness (QED) is 0.244. The Morgan fingerprint density at radius 1 is 0.600 bits per heavy atom. The van der Waals surface area contributed by atoms with Crippen molar-refractivity contribution in [2.24, 2.45) is 0 Å². The first-order valence-electron chi connectivity index (χ1n) is 12.2. The molecule has 0 N–H and O–H groups in total. The Hall–Kier alpha value is -4.30. The molecule has 166 valence electrons. The van der Waals surface area contributed by atoms with E-state index in [1.165, 1.54) is 38.5 Å². The van der Waals surface area contributed by atoms with Crippen molar-refractivity contribution in [1.29, 1.82) is 0 Å². The molecule has 2 heteroatoms. The molecule has 0 bridgehead atoms. The lowest BCUT2D eigenvalue weighted by atomic mass is 9.82. The van der Waals surface area contributed by atoms with Gasteiger partial charge in [-0.1, -0.05) is 86.6 Å². The molecule has 0 atom stereocenters. The summed E-state index contributed by atoms with van der Waals surface area (Å²) in [5.41, 5.74) is 10.8. The minimum atomic E-state index is -0.00270. The molecule has 0 spiro atoms. The van der Waals surface area contributed by atoms with Crippen LogP contribution in [-0.2, 0) is 5.41 Å². The molecule has 0 saturated carbocycles. The highest BCUT2D eigenvalue weighted by Gasteiger charge is 2.35. The zero-order chi connectivity index (χ0) is 23.3. The van der Waals surface area contributed by atoms with E-state index >= 15 is 0 Å². The molecule has 1 aliphatic rings. The van der Waals surface area contributed by atoms with Gasteiger partial charge in [0.2, 0.25) is 0 Å². The lowest BCUT2D eigenvalue weighted by molar-refractivity contribution is 0.660. The highest BCUT2D eigenvalue weighted by Crippen LogP contribution is 2.49. The Balaban J connectivity index is 1.52. The van der Waals surface area contributed by atoms with Crippen molar-refractivity contribution in [1.82, 2.24) is 4.57 Å². The van der Waals surface area contributed by atoms with E-state index in [1.54, 1.807) is 0 Å². The number of hydrogen-bond acceptors (Lipinski definition) is 1. The summed E-state index contributed by atoms with van der Waals surface area (Å²) in [5.74, 6) is 0. The molecule has 0 radical (unpaired) electrons. The standard InChI is InChI=1S/C33H23NO/c1-33(2)27-12-6-3-9-21(27)26-19-20(15-18-28(26)33)34-29-13-7-4-10-22(29)24-16-17-25-23-11-5-8-14-30(23)35-32(25)31(24)34/h3-19H,1-2H3. The van der Waals surface area contributed by atoms with Crippen LogP contribution < -0.4 is 0 Å². The molecule has 0 saturated heterocycles. The van der Waals surface area contributed by atoms with Gasteiger partial charge in [0.15, 0.2) is 5.58 Å². The van der Waals surface area contributed by atoms with E-state index in [4.69, 9.17) is 4.42 Å². The van der Waals surface area contributed by atoms with Crippen molar-refractivity contribution in [3.05, 3.63) is 114 Å². The van der Waals surface area contributed by atoms with Crippen LogP contribution in [0.25, 0.3) is 60.6 Å². The van der Waals surface area contributed by atoms with Crippen molar-refractivity contribution >= 4 is 43.7 Å². The minimum absolute atomic E-state index is 0.00270. The van der Waals surface area contributed by atoms with Gasteiger partial charge in [0.25, 0.3) is 0 Å². The van der Waals surface area contributed by atoms with Crippen LogP contribution in [0, 0.1) is 0 Å². The summed E-state index contributed by atoms with van der Waals surface area (Å²) in [7, 11) is 0. The number of para-hydroxylation sites is 2. The van der Waals surface area contributed by atoms with Gasteiger partial charge >= 0.3 is 0 Å². The number of furan rings is 1. The van der Waals surface area contributed by atoms with Gasteiger partial charge in [0.05, 0.1) is 11.0 Å². The van der Waals surface area contributed by atoms with Crippen molar-refractivity contribution in [2.75, 3.05) is 0 Å². The Morgan fingerprint density at radius 2 is 1.31 bits per heavy atom. The van der Waals surface area contributed by atoms with Crippen LogP contribution in [-0.4, -0.2) is 4.57 Å². The van der Waals surface area contributed by atoms with Gasteiger partial charge in [-0.15, -0.1) is 0 Å². The highest BCUT2D eigenvalue weighted by molar-refractivity contribution is 6.21. The van der Waals surface area contributed by atoms with E-state index in [0.717, 1.165) is 33.1 Å². The van der Waals surface area contributed by atoms with Crippen molar-refractivity contribution in [3.8, 4) is 16.8 Å². The fourth-order valence-electron chi connectivity index (χ4n) is 6.35. The summed E-state index contributed by atoms with van der Waals surface area (Å²) in [5, 5.41) is 4.77.